The topological polar surface area (TPSA) is 63.6 Å². The van der Waals surface area contributed by atoms with Gasteiger partial charge in [-0.2, -0.15) is 13.2 Å². The van der Waals surface area contributed by atoms with E-state index in [1.807, 2.05) is 0 Å². The molecule has 0 amide bonds. The minimum atomic E-state index is -5.03. The summed E-state index contributed by atoms with van der Waals surface area (Å²) in [7, 11) is 0. The largest absolute Gasteiger partial charge is 0.481 e. The van der Waals surface area contributed by atoms with Gasteiger partial charge in [0.05, 0.1) is 0 Å². The predicted molar refractivity (Wildman–Crippen MR) is 58.1 cm³/mol. The van der Waals surface area contributed by atoms with Crippen LogP contribution in [0.4, 0.5) is 13.2 Å². The maximum absolute atomic E-state index is 12.8. The zero-order chi connectivity index (χ0) is 14.6. The quantitative estimate of drug-likeness (QED) is 0.858. The summed E-state index contributed by atoms with van der Waals surface area (Å²) in [6, 6.07) is 6.96. The molecule has 1 rings (SSSR count). The summed E-state index contributed by atoms with van der Waals surface area (Å²) >= 11 is 0. The van der Waals surface area contributed by atoms with Gasteiger partial charge in [0.2, 0.25) is 0 Å². The molecular formula is C12H11F3O4. The first kappa shape index (κ1) is 15.0. The van der Waals surface area contributed by atoms with Crippen LogP contribution in [0.5, 0.6) is 0 Å². The second-order valence-corrected chi connectivity index (χ2v) is 3.80. The van der Waals surface area contributed by atoms with Gasteiger partial charge < -0.3 is 9.84 Å². The fraction of sp³-hybridized carbons (Fsp3) is 0.333. The molecule has 2 atom stereocenters. The summed E-state index contributed by atoms with van der Waals surface area (Å²) in [4.78, 5) is 21.7. The third kappa shape index (κ3) is 3.97. The Morgan fingerprint density at radius 2 is 1.74 bits per heavy atom. The van der Waals surface area contributed by atoms with Crippen LogP contribution in [-0.4, -0.2) is 23.2 Å². The van der Waals surface area contributed by atoms with Gasteiger partial charge in [0, 0.05) is 6.92 Å². The number of alkyl halides is 3. The first-order valence-electron chi connectivity index (χ1n) is 5.25. The third-order valence-corrected chi connectivity index (χ3v) is 2.34. The molecule has 0 bridgehead atoms. The summed E-state index contributed by atoms with van der Waals surface area (Å²) in [5.41, 5.74) is -0.0255. The van der Waals surface area contributed by atoms with Crippen LogP contribution in [0.25, 0.3) is 0 Å². The van der Waals surface area contributed by atoms with E-state index in [2.05, 4.69) is 4.74 Å². The second kappa shape index (κ2) is 5.73. The fourth-order valence-electron chi connectivity index (χ4n) is 1.59. The normalized spacial score (nSPS) is 14.5. The Morgan fingerprint density at radius 3 is 2.11 bits per heavy atom. The first-order chi connectivity index (χ1) is 8.73. The molecular weight excluding hydrogens is 265 g/mol. The van der Waals surface area contributed by atoms with Gasteiger partial charge in [-0.25, -0.2) is 0 Å². The van der Waals surface area contributed by atoms with Crippen molar-refractivity contribution in [2.45, 2.75) is 19.2 Å². The van der Waals surface area contributed by atoms with E-state index in [0.717, 1.165) is 6.92 Å². The lowest BCUT2D eigenvalue weighted by Crippen LogP contribution is -2.37. The highest BCUT2D eigenvalue weighted by molar-refractivity contribution is 5.73. The lowest BCUT2D eigenvalue weighted by molar-refractivity contribution is -0.217. The van der Waals surface area contributed by atoms with E-state index in [-0.39, 0.29) is 5.56 Å². The van der Waals surface area contributed by atoms with Crippen molar-refractivity contribution in [2.24, 2.45) is 5.92 Å². The maximum Gasteiger partial charge on any atom is 0.406 e. The number of ether oxygens (including phenoxy) is 1. The lowest BCUT2D eigenvalue weighted by Gasteiger charge is -2.25. The molecule has 104 valence electrons. The number of esters is 1. The Morgan fingerprint density at radius 1 is 1.21 bits per heavy atom. The molecule has 1 N–H and O–H groups in total. The maximum atomic E-state index is 12.8. The fourth-order valence-corrected chi connectivity index (χ4v) is 1.59. The number of aliphatic carboxylic acids is 1. The molecule has 1 aromatic carbocycles. The van der Waals surface area contributed by atoms with Crippen molar-refractivity contribution in [1.29, 1.82) is 0 Å². The summed E-state index contributed by atoms with van der Waals surface area (Å²) in [5, 5.41) is 8.74. The van der Waals surface area contributed by atoms with Gasteiger partial charge in [0.15, 0.2) is 5.92 Å². The van der Waals surface area contributed by atoms with Crippen LogP contribution < -0.4 is 0 Å². The van der Waals surface area contributed by atoms with Crippen LogP contribution in [0.1, 0.15) is 18.6 Å². The van der Waals surface area contributed by atoms with Crippen LogP contribution in [0.15, 0.2) is 30.3 Å². The van der Waals surface area contributed by atoms with E-state index < -0.39 is 30.1 Å². The summed E-state index contributed by atoms with van der Waals surface area (Å²) in [6.45, 7) is 0.922. The van der Waals surface area contributed by atoms with Crippen LogP contribution in [0.3, 0.4) is 0 Å². The molecule has 0 saturated carbocycles. The molecule has 0 saturated heterocycles. The van der Waals surface area contributed by atoms with E-state index in [0.29, 0.717) is 0 Å². The minimum Gasteiger partial charge on any atom is -0.481 e. The van der Waals surface area contributed by atoms with Crippen molar-refractivity contribution in [3.05, 3.63) is 35.9 Å². The monoisotopic (exact) mass is 276 g/mol. The van der Waals surface area contributed by atoms with Crippen molar-refractivity contribution < 1.29 is 32.6 Å². The molecule has 0 aromatic heterocycles. The van der Waals surface area contributed by atoms with Crippen molar-refractivity contribution in [3.63, 3.8) is 0 Å². The Hall–Kier alpha value is -2.05. The number of rotatable bonds is 4. The van der Waals surface area contributed by atoms with E-state index in [9.17, 15) is 22.8 Å². The Bertz CT molecular complexity index is 456. The van der Waals surface area contributed by atoms with Gasteiger partial charge in [-0.1, -0.05) is 30.3 Å². The zero-order valence-electron chi connectivity index (χ0n) is 9.85. The summed E-state index contributed by atoms with van der Waals surface area (Å²) < 4.78 is 42.9. The Labute approximate surface area is 106 Å². The SMILES string of the molecule is CC(=O)OC(c1ccccc1)C(C(=O)O)C(F)(F)F. The molecule has 0 fully saturated rings. The van der Waals surface area contributed by atoms with E-state index in [1.165, 1.54) is 24.3 Å². The summed E-state index contributed by atoms with van der Waals surface area (Å²) in [6.07, 6.45) is -6.93. The van der Waals surface area contributed by atoms with Crippen LogP contribution in [-0.2, 0) is 14.3 Å². The van der Waals surface area contributed by atoms with E-state index in [1.54, 1.807) is 6.07 Å². The molecule has 0 heterocycles. The average molecular weight is 276 g/mol. The number of hydrogen-bond donors (Lipinski definition) is 1. The predicted octanol–water partition coefficient (Wildman–Crippen LogP) is 2.55. The second-order valence-electron chi connectivity index (χ2n) is 3.80. The van der Waals surface area contributed by atoms with Crippen LogP contribution in [0, 0.1) is 5.92 Å². The van der Waals surface area contributed by atoms with Gasteiger partial charge in [-0.15, -0.1) is 0 Å². The van der Waals surface area contributed by atoms with Crippen molar-refractivity contribution in [1.82, 2.24) is 0 Å². The van der Waals surface area contributed by atoms with E-state index in [4.69, 9.17) is 5.11 Å². The minimum absolute atomic E-state index is 0.0255. The summed E-state index contributed by atoms with van der Waals surface area (Å²) in [5.74, 6) is -5.88. The molecule has 7 heteroatoms. The third-order valence-electron chi connectivity index (χ3n) is 2.34. The van der Waals surface area contributed by atoms with Crippen LogP contribution in [0.2, 0.25) is 0 Å². The van der Waals surface area contributed by atoms with Gasteiger partial charge in [0.25, 0.3) is 0 Å². The molecule has 0 radical (unpaired) electrons. The standard InChI is InChI=1S/C12H11F3O4/c1-7(16)19-10(8-5-3-2-4-6-8)9(11(17)18)12(13,14)15/h2-6,9-10H,1H3,(H,17,18). The number of hydrogen-bond acceptors (Lipinski definition) is 3. The van der Waals surface area contributed by atoms with Crippen LogP contribution >= 0.6 is 0 Å². The van der Waals surface area contributed by atoms with Gasteiger partial charge >= 0.3 is 18.1 Å². The highest BCUT2D eigenvalue weighted by Gasteiger charge is 2.52. The highest BCUT2D eigenvalue weighted by Crippen LogP contribution is 2.38. The molecule has 0 spiro atoms. The Balaban J connectivity index is 3.22. The van der Waals surface area contributed by atoms with Gasteiger partial charge in [-0.05, 0) is 5.56 Å². The van der Waals surface area contributed by atoms with Crippen molar-refractivity contribution >= 4 is 11.9 Å². The number of carbonyl (C=O) groups is 2. The number of carbonyl (C=O) groups excluding carboxylic acids is 1. The molecule has 19 heavy (non-hydrogen) atoms. The number of carboxylic acid groups (broad SMARTS) is 1. The molecule has 4 nitrogen and oxygen atoms in total. The smallest absolute Gasteiger partial charge is 0.406 e. The lowest BCUT2D eigenvalue weighted by atomic mass is 9.95. The highest BCUT2D eigenvalue weighted by atomic mass is 19.4. The van der Waals surface area contributed by atoms with Gasteiger partial charge in [0.1, 0.15) is 6.10 Å². The molecule has 1 aromatic rings. The molecule has 0 aliphatic heterocycles. The Kier molecular flexibility index (Phi) is 4.52. The first-order valence-corrected chi connectivity index (χ1v) is 5.25. The van der Waals surface area contributed by atoms with Gasteiger partial charge in [-0.3, -0.25) is 9.59 Å². The zero-order valence-corrected chi connectivity index (χ0v) is 9.85. The molecule has 0 aliphatic carbocycles. The molecule has 2 unspecified atom stereocenters. The van der Waals surface area contributed by atoms with Crippen molar-refractivity contribution in [3.8, 4) is 0 Å². The van der Waals surface area contributed by atoms with E-state index >= 15 is 0 Å². The molecule has 0 aliphatic rings. The number of benzene rings is 1. The number of carboxylic acids is 1. The number of halogens is 3. The average Bonchev–Trinajstić information content (AvgIpc) is 2.26. The van der Waals surface area contributed by atoms with Crippen molar-refractivity contribution in [2.75, 3.05) is 0 Å².